The topological polar surface area (TPSA) is 85.8 Å². The number of amides is 1. The van der Waals surface area contributed by atoms with Gasteiger partial charge in [-0.1, -0.05) is 36.8 Å². The molecule has 0 aliphatic carbocycles. The van der Waals surface area contributed by atoms with E-state index in [1.54, 1.807) is 10.9 Å². The first-order valence-corrected chi connectivity index (χ1v) is 7.50. The van der Waals surface area contributed by atoms with E-state index in [1.807, 2.05) is 31.2 Å². The second kappa shape index (κ2) is 8.64. The van der Waals surface area contributed by atoms with Crippen molar-refractivity contribution in [3.63, 3.8) is 0 Å². The standard InChI is InChI=1S/C16H23N5O.ClH/c1-11(2)8-13(9-17)18-16(22)15-10-21(20-19-15)14-6-4-12(3)5-7-14;/h4-7,10-11,13H,8-9,17H2,1-3H3,(H,18,22);1H. The van der Waals surface area contributed by atoms with E-state index in [2.05, 4.69) is 29.5 Å². The van der Waals surface area contributed by atoms with Crippen LogP contribution in [0.15, 0.2) is 30.5 Å². The van der Waals surface area contributed by atoms with Crippen LogP contribution in [0, 0.1) is 12.8 Å². The number of halogens is 1. The fourth-order valence-electron chi connectivity index (χ4n) is 2.23. The summed E-state index contributed by atoms with van der Waals surface area (Å²) >= 11 is 0. The number of hydrogen-bond acceptors (Lipinski definition) is 4. The Balaban J connectivity index is 0.00000264. The lowest BCUT2D eigenvalue weighted by Crippen LogP contribution is -2.41. The number of nitrogens with zero attached hydrogens (tertiary/aromatic N) is 3. The first kappa shape index (κ1) is 19.1. The summed E-state index contributed by atoms with van der Waals surface area (Å²) in [5, 5.41) is 10.9. The maximum atomic E-state index is 12.2. The third-order valence-electron chi connectivity index (χ3n) is 3.40. The number of carbonyl (C=O) groups is 1. The molecule has 0 bridgehead atoms. The van der Waals surface area contributed by atoms with E-state index in [-0.39, 0.29) is 24.4 Å². The van der Waals surface area contributed by atoms with E-state index < -0.39 is 0 Å². The highest BCUT2D eigenvalue weighted by molar-refractivity contribution is 5.92. The van der Waals surface area contributed by atoms with E-state index in [0.29, 0.717) is 18.2 Å². The van der Waals surface area contributed by atoms with Gasteiger partial charge in [0.05, 0.1) is 11.9 Å². The molecule has 0 aliphatic heterocycles. The van der Waals surface area contributed by atoms with Gasteiger partial charge in [0.25, 0.3) is 5.91 Å². The third-order valence-corrected chi connectivity index (χ3v) is 3.40. The zero-order chi connectivity index (χ0) is 16.1. The van der Waals surface area contributed by atoms with E-state index >= 15 is 0 Å². The second-order valence-electron chi connectivity index (χ2n) is 5.92. The molecule has 2 rings (SSSR count). The number of aryl methyl sites for hydroxylation is 1. The monoisotopic (exact) mass is 337 g/mol. The molecule has 0 saturated heterocycles. The van der Waals surface area contributed by atoms with Crippen LogP contribution >= 0.6 is 12.4 Å². The molecule has 0 aliphatic rings. The number of aromatic nitrogens is 3. The number of rotatable bonds is 6. The van der Waals surface area contributed by atoms with Gasteiger partial charge in [-0.3, -0.25) is 4.79 Å². The molecular weight excluding hydrogens is 314 g/mol. The second-order valence-corrected chi connectivity index (χ2v) is 5.92. The molecule has 0 radical (unpaired) electrons. The lowest BCUT2D eigenvalue weighted by atomic mass is 10.0. The largest absolute Gasteiger partial charge is 0.347 e. The van der Waals surface area contributed by atoms with Crippen LogP contribution in [0.4, 0.5) is 0 Å². The molecule has 0 spiro atoms. The van der Waals surface area contributed by atoms with Crippen molar-refractivity contribution in [3.8, 4) is 5.69 Å². The first-order valence-electron chi connectivity index (χ1n) is 7.50. The summed E-state index contributed by atoms with van der Waals surface area (Å²) in [5.41, 5.74) is 8.03. The first-order chi connectivity index (χ1) is 10.5. The van der Waals surface area contributed by atoms with Gasteiger partial charge >= 0.3 is 0 Å². The van der Waals surface area contributed by atoms with Crippen LogP contribution in [-0.2, 0) is 0 Å². The maximum Gasteiger partial charge on any atom is 0.273 e. The molecule has 2 aromatic rings. The van der Waals surface area contributed by atoms with Crippen molar-refractivity contribution in [3.05, 3.63) is 41.7 Å². The van der Waals surface area contributed by atoms with Crippen molar-refractivity contribution in [2.45, 2.75) is 33.2 Å². The predicted molar refractivity (Wildman–Crippen MR) is 93.1 cm³/mol. The van der Waals surface area contributed by atoms with E-state index in [1.165, 1.54) is 5.56 Å². The maximum absolute atomic E-state index is 12.2. The van der Waals surface area contributed by atoms with Crippen LogP contribution in [0.3, 0.4) is 0 Å². The van der Waals surface area contributed by atoms with Crippen LogP contribution in [0.5, 0.6) is 0 Å². The normalized spacial score (nSPS) is 11.9. The summed E-state index contributed by atoms with van der Waals surface area (Å²) in [7, 11) is 0. The quantitative estimate of drug-likeness (QED) is 0.845. The molecular formula is C16H24ClN5O. The zero-order valence-corrected chi connectivity index (χ0v) is 14.5. The average molecular weight is 338 g/mol. The summed E-state index contributed by atoms with van der Waals surface area (Å²) in [6, 6.07) is 7.81. The lowest BCUT2D eigenvalue weighted by Gasteiger charge is -2.17. The molecule has 23 heavy (non-hydrogen) atoms. The Morgan fingerprint density at radius 2 is 1.96 bits per heavy atom. The van der Waals surface area contributed by atoms with Crippen molar-refractivity contribution in [1.82, 2.24) is 20.3 Å². The molecule has 1 aromatic carbocycles. The Morgan fingerprint density at radius 1 is 1.30 bits per heavy atom. The Bertz CT molecular complexity index is 624. The van der Waals surface area contributed by atoms with Crippen LogP contribution in [0.2, 0.25) is 0 Å². The fourth-order valence-corrected chi connectivity index (χ4v) is 2.23. The van der Waals surface area contributed by atoms with Crippen molar-refractivity contribution in [2.75, 3.05) is 6.54 Å². The van der Waals surface area contributed by atoms with Gasteiger partial charge in [0.1, 0.15) is 0 Å². The minimum Gasteiger partial charge on any atom is -0.347 e. The van der Waals surface area contributed by atoms with Crippen molar-refractivity contribution in [1.29, 1.82) is 0 Å². The Kier molecular flexibility index (Phi) is 7.19. The molecule has 1 atom stereocenters. The summed E-state index contributed by atoms with van der Waals surface area (Å²) < 4.78 is 1.59. The average Bonchev–Trinajstić information content (AvgIpc) is 2.96. The number of nitrogens with two attached hydrogens (primary N) is 1. The van der Waals surface area contributed by atoms with Gasteiger partial charge in [0.15, 0.2) is 5.69 Å². The van der Waals surface area contributed by atoms with Crippen LogP contribution in [0.1, 0.15) is 36.3 Å². The minimum absolute atomic E-state index is 0. The fraction of sp³-hybridized carbons (Fsp3) is 0.438. The van der Waals surface area contributed by atoms with Crippen molar-refractivity contribution >= 4 is 18.3 Å². The predicted octanol–water partition coefficient (Wildman–Crippen LogP) is 2.10. The van der Waals surface area contributed by atoms with E-state index in [0.717, 1.165) is 12.1 Å². The molecule has 1 amide bonds. The number of nitrogens with one attached hydrogen (secondary N) is 1. The van der Waals surface area contributed by atoms with Gasteiger partial charge in [0, 0.05) is 12.6 Å². The summed E-state index contributed by atoms with van der Waals surface area (Å²) in [6.07, 6.45) is 2.47. The Labute approximate surface area is 142 Å². The lowest BCUT2D eigenvalue weighted by molar-refractivity contribution is 0.0928. The van der Waals surface area contributed by atoms with Gasteiger partial charge < -0.3 is 11.1 Å². The van der Waals surface area contributed by atoms with E-state index in [9.17, 15) is 4.79 Å². The molecule has 126 valence electrons. The summed E-state index contributed by atoms with van der Waals surface area (Å²) in [4.78, 5) is 12.2. The number of benzene rings is 1. The smallest absolute Gasteiger partial charge is 0.273 e. The molecule has 0 saturated carbocycles. The number of carbonyl (C=O) groups excluding carboxylic acids is 1. The summed E-state index contributed by atoms with van der Waals surface area (Å²) in [6.45, 7) is 6.63. The van der Waals surface area contributed by atoms with Crippen LogP contribution < -0.4 is 11.1 Å². The molecule has 0 fully saturated rings. The Morgan fingerprint density at radius 3 is 2.52 bits per heavy atom. The van der Waals surface area contributed by atoms with Gasteiger partial charge in [0.2, 0.25) is 0 Å². The SMILES string of the molecule is Cc1ccc(-n2cc(C(=O)NC(CN)CC(C)C)nn2)cc1.Cl. The van der Waals surface area contributed by atoms with Crippen molar-refractivity contribution < 1.29 is 4.79 Å². The highest BCUT2D eigenvalue weighted by Gasteiger charge is 2.16. The zero-order valence-electron chi connectivity index (χ0n) is 13.7. The van der Waals surface area contributed by atoms with Gasteiger partial charge in [-0.15, -0.1) is 17.5 Å². The molecule has 1 aromatic heterocycles. The molecule has 6 nitrogen and oxygen atoms in total. The van der Waals surface area contributed by atoms with Crippen LogP contribution in [-0.4, -0.2) is 33.5 Å². The molecule has 1 heterocycles. The minimum atomic E-state index is -0.241. The highest BCUT2D eigenvalue weighted by Crippen LogP contribution is 2.09. The number of hydrogen-bond donors (Lipinski definition) is 2. The van der Waals surface area contributed by atoms with E-state index in [4.69, 9.17) is 5.73 Å². The summed E-state index contributed by atoms with van der Waals surface area (Å²) in [5.74, 6) is 0.228. The van der Waals surface area contributed by atoms with Crippen LogP contribution in [0.25, 0.3) is 5.69 Å². The molecule has 7 heteroatoms. The van der Waals surface area contributed by atoms with Gasteiger partial charge in [-0.05, 0) is 31.4 Å². The molecule has 1 unspecified atom stereocenters. The van der Waals surface area contributed by atoms with Gasteiger partial charge in [-0.2, -0.15) is 0 Å². The third kappa shape index (κ3) is 5.33. The Hall–Kier alpha value is -1.92. The highest BCUT2D eigenvalue weighted by atomic mass is 35.5. The van der Waals surface area contributed by atoms with Gasteiger partial charge in [-0.25, -0.2) is 4.68 Å². The molecule has 3 N–H and O–H groups in total. The van der Waals surface area contributed by atoms with Crippen molar-refractivity contribution in [2.24, 2.45) is 11.7 Å².